The molecule has 0 aliphatic carbocycles. The number of halogens is 1. The van der Waals surface area contributed by atoms with Gasteiger partial charge in [-0.1, -0.05) is 24.3 Å². The Hall–Kier alpha value is -1.80. The van der Waals surface area contributed by atoms with Crippen LogP contribution in [0, 0.1) is 3.57 Å². The molecule has 0 saturated carbocycles. The van der Waals surface area contributed by atoms with Crippen molar-refractivity contribution in [3.8, 4) is 5.75 Å². The van der Waals surface area contributed by atoms with E-state index in [2.05, 4.69) is 43.8 Å². The first-order chi connectivity index (χ1) is 12.7. The molecule has 0 spiro atoms. The van der Waals surface area contributed by atoms with Gasteiger partial charge in [0.05, 0.1) is 18.4 Å². The normalized spacial score (nSPS) is 14.9. The maximum absolute atomic E-state index is 12.3. The van der Waals surface area contributed by atoms with Gasteiger partial charge in [-0.2, -0.15) is 0 Å². The second-order valence-corrected chi connectivity index (χ2v) is 7.40. The molecule has 2 aromatic rings. The molecule has 0 radical (unpaired) electrons. The molecular formula is C20H24IN3O2. The Bertz CT molecular complexity index is 745. The molecule has 5 nitrogen and oxygen atoms in total. The molecule has 1 aliphatic rings. The number of methoxy groups -OCH3 is 1. The number of carbonyl (C=O) groups excluding carboxylic acids is 1. The molecule has 26 heavy (non-hydrogen) atoms. The fourth-order valence-electron chi connectivity index (χ4n) is 3.17. The van der Waals surface area contributed by atoms with Crippen LogP contribution in [0.15, 0.2) is 48.5 Å². The summed E-state index contributed by atoms with van der Waals surface area (Å²) in [4.78, 5) is 17.0. The molecule has 0 bridgehead atoms. The van der Waals surface area contributed by atoms with Gasteiger partial charge in [0, 0.05) is 42.8 Å². The first kappa shape index (κ1) is 19.0. The van der Waals surface area contributed by atoms with Crippen molar-refractivity contribution in [2.45, 2.75) is 0 Å². The SMILES string of the molecule is COc1ccccc1N1CCN(CCNC(=O)c2ccccc2I)CC1. The summed E-state index contributed by atoms with van der Waals surface area (Å²) < 4.78 is 6.44. The van der Waals surface area contributed by atoms with Crippen LogP contribution in [0.4, 0.5) is 5.69 Å². The molecule has 0 atom stereocenters. The van der Waals surface area contributed by atoms with Crippen molar-refractivity contribution in [2.75, 3.05) is 51.3 Å². The summed E-state index contributed by atoms with van der Waals surface area (Å²) >= 11 is 2.20. The van der Waals surface area contributed by atoms with Gasteiger partial charge < -0.3 is 15.0 Å². The highest BCUT2D eigenvalue weighted by molar-refractivity contribution is 14.1. The first-order valence-corrected chi connectivity index (χ1v) is 9.90. The minimum atomic E-state index is 0.00246. The van der Waals surface area contributed by atoms with Crippen molar-refractivity contribution in [2.24, 2.45) is 0 Å². The molecule has 6 heteroatoms. The third-order valence-corrected chi connectivity index (χ3v) is 5.57. The second kappa shape index (κ2) is 9.23. The highest BCUT2D eigenvalue weighted by Gasteiger charge is 2.19. The van der Waals surface area contributed by atoms with Crippen LogP contribution in [0.3, 0.4) is 0 Å². The van der Waals surface area contributed by atoms with Crippen molar-refractivity contribution in [3.05, 3.63) is 57.7 Å². The number of para-hydroxylation sites is 2. The average molecular weight is 465 g/mol. The highest BCUT2D eigenvalue weighted by atomic mass is 127. The zero-order valence-corrected chi connectivity index (χ0v) is 17.1. The lowest BCUT2D eigenvalue weighted by Gasteiger charge is -2.36. The molecule has 1 amide bonds. The molecule has 0 unspecified atom stereocenters. The summed E-state index contributed by atoms with van der Waals surface area (Å²) in [6.45, 7) is 5.43. The lowest BCUT2D eigenvalue weighted by Crippen LogP contribution is -2.48. The van der Waals surface area contributed by atoms with Crippen LogP contribution >= 0.6 is 22.6 Å². The molecule has 0 aromatic heterocycles. The largest absolute Gasteiger partial charge is 0.495 e. The molecule has 138 valence electrons. The van der Waals surface area contributed by atoms with E-state index in [-0.39, 0.29) is 5.91 Å². The summed E-state index contributed by atoms with van der Waals surface area (Å²) in [6, 6.07) is 15.8. The smallest absolute Gasteiger partial charge is 0.252 e. The Labute approximate surface area is 168 Å². The predicted molar refractivity (Wildman–Crippen MR) is 113 cm³/mol. The maximum Gasteiger partial charge on any atom is 0.252 e. The number of ether oxygens (including phenoxy) is 1. The van der Waals surface area contributed by atoms with Crippen LogP contribution < -0.4 is 15.0 Å². The van der Waals surface area contributed by atoms with Crippen molar-refractivity contribution in [3.63, 3.8) is 0 Å². The molecule has 3 rings (SSSR count). The molecule has 1 aliphatic heterocycles. The number of carbonyl (C=O) groups is 1. The van der Waals surface area contributed by atoms with Crippen molar-refractivity contribution in [1.29, 1.82) is 0 Å². The first-order valence-electron chi connectivity index (χ1n) is 8.82. The summed E-state index contributed by atoms with van der Waals surface area (Å²) in [5.74, 6) is 0.924. The van der Waals surface area contributed by atoms with E-state index in [1.165, 1.54) is 0 Å². The minimum Gasteiger partial charge on any atom is -0.495 e. The minimum absolute atomic E-state index is 0.00246. The van der Waals surface area contributed by atoms with Gasteiger partial charge in [0.1, 0.15) is 5.75 Å². The fourth-order valence-corrected chi connectivity index (χ4v) is 3.80. The molecule has 1 fully saturated rings. The highest BCUT2D eigenvalue weighted by Crippen LogP contribution is 2.28. The van der Waals surface area contributed by atoms with Gasteiger partial charge in [-0.05, 0) is 46.9 Å². The molecule has 2 aromatic carbocycles. The van der Waals surface area contributed by atoms with Crippen molar-refractivity contribution < 1.29 is 9.53 Å². The van der Waals surface area contributed by atoms with Gasteiger partial charge in [-0.15, -0.1) is 0 Å². The van der Waals surface area contributed by atoms with Gasteiger partial charge in [0.2, 0.25) is 0 Å². The molecular weight excluding hydrogens is 441 g/mol. The number of rotatable bonds is 6. The summed E-state index contributed by atoms with van der Waals surface area (Å²) in [6.07, 6.45) is 0. The quantitative estimate of drug-likeness (QED) is 0.667. The van der Waals surface area contributed by atoms with E-state index in [9.17, 15) is 4.79 Å². The summed E-state index contributed by atoms with van der Waals surface area (Å²) in [5, 5.41) is 3.03. The standard InChI is InChI=1S/C20H24IN3O2/c1-26-19-9-5-4-8-18(19)24-14-12-23(13-15-24)11-10-22-20(25)16-6-2-3-7-17(16)21/h2-9H,10-15H2,1H3,(H,22,25). The van der Waals surface area contributed by atoms with Crippen molar-refractivity contribution >= 4 is 34.2 Å². The van der Waals surface area contributed by atoms with Gasteiger partial charge in [0.15, 0.2) is 0 Å². The average Bonchev–Trinajstić information content (AvgIpc) is 2.69. The van der Waals surface area contributed by atoms with E-state index in [1.807, 2.05) is 42.5 Å². The Morgan fingerprint density at radius 2 is 1.77 bits per heavy atom. The van der Waals surface area contributed by atoms with Crippen LogP contribution in [0.5, 0.6) is 5.75 Å². The number of piperazine rings is 1. The zero-order chi connectivity index (χ0) is 18.4. The van der Waals surface area contributed by atoms with E-state index in [4.69, 9.17) is 4.74 Å². The lowest BCUT2D eigenvalue weighted by atomic mass is 10.2. The second-order valence-electron chi connectivity index (χ2n) is 6.24. The lowest BCUT2D eigenvalue weighted by molar-refractivity contribution is 0.0947. The molecule has 1 N–H and O–H groups in total. The number of hydrogen-bond donors (Lipinski definition) is 1. The van der Waals surface area contributed by atoms with E-state index >= 15 is 0 Å². The van der Waals surface area contributed by atoms with Gasteiger partial charge in [-0.25, -0.2) is 0 Å². The topological polar surface area (TPSA) is 44.8 Å². The van der Waals surface area contributed by atoms with E-state index < -0.39 is 0 Å². The number of anilines is 1. The van der Waals surface area contributed by atoms with E-state index in [0.29, 0.717) is 6.54 Å². The Morgan fingerprint density at radius 3 is 2.50 bits per heavy atom. The molecule has 1 saturated heterocycles. The van der Waals surface area contributed by atoms with Crippen LogP contribution in [0.1, 0.15) is 10.4 Å². The van der Waals surface area contributed by atoms with Crippen LogP contribution in [-0.2, 0) is 0 Å². The third kappa shape index (κ3) is 4.67. The van der Waals surface area contributed by atoms with Crippen LogP contribution in [-0.4, -0.2) is 57.2 Å². The zero-order valence-electron chi connectivity index (χ0n) is 15.0. The third-order valence-electron chi connectivity index (χ3n) is 4.63. The van der Waals surface area contributed by atoms with Gasteiger partial charge in [-0.3, -0.25) is 9.69 Å². The number of nitrogens with zero attached hydrogens (tertiary/aromatic N) is 2. The summed E-state index contributed by atoms with van der Waals surface area (Å²) in [5.41, 5.74) is 1.90. The number of amides is 1. The van der Waals surface area contributed by atoms with Crippen molar-refractivity contribution in [1.82, 2.24) is 10.2 Å². The monoisotopic (exact) mass is 465 g/mol. The Kier molecular flexibility index (Phi) is 6.73. The van der Waals surface area contributed by atoms with E-state index in [0.717, 1.165) is 53.3 Å². The van der Waals surface area contributed by atoms with Crippen LogP contribution in [0.25, 0.3) is 0 Å². The molecule has 1 heterocycles. The fraction of sp³-hybridized carbons (Fsp3) is 0.350. The predicted octanol–water partition coefficient (Wildman–Crippen LogP) is 2.85. The maximum atomic E-state index is 12.3. The summed E-state index contributed by atoms with van der Waals surface area (Å²) in [7, 11) is 1.71. The van der Waals surface area contributed by atoms with Crippen LogP contribution in [0.2, 0.25) is 0 Å². The number of hydrogen-bond acceptors (Lipinski definition) is 4. The number of nitrogens with one attached hydrogen (secondary N) is 1. The number of benzene rings is 2. The Morgan fingerprint density at radius 1 is 1.08 bits per heavy atom. The van der Waals surface area contributed by atoms with E-state index in [1.54, 1.807) is 7.11 Å². The van der Waals surface area contributed by atoms with Gasteiger partial charge in [0.25, 0.3) is 5.91 Å². The Balaban J connectivity index is 1.45. The van der Waals surface area contributed by atoms with Gasteiger partial charge >= 0.3 is 0 Å².